The quantitative estimate of drug-likeness (QED) is 0.0786. The van der Waals surface area contributed by atoms with Gasteiger partial charge in [0.15, 0.2) is 0 Å². The van der Waals surface area contributed by atoms with Gasteiger partial charge in [-0.1, -0.05) is 91.0 Å². The van der Waals surface area contributed by atoms with E-state index < -0.39 is 39.8 Å². The van der Waals surface area contributed by atoms with E-state index in [0.717, 1.165) is 16.7 Å². The molecule has 0 spiro atoms. The van der Waals surface area contributed by atoms with E-state index in [0.29, 0.717) is 11.5 Å². The van der Waals surface area contributed by atoms with Gasteiger partial charge in [0.2, 0.25) is 0 Å². The van der Waals surface area contributed by atoms with Crippen molar-refractivity contribution in [2.75, 3.05) is 41.7 Å². The van der Waals surface area contributed by atoms with Crippen LogP contribution in [0.1, 0.15) is 58.2 Å². The van der Waals surface area contributed by atoms with Gasteiger partial charge >= 0.3 is 12.2 Å². The number of hydrogen-bond donors (Lipinski definition) is 4. The molecule has 0 aliphatic rings. The van der Waals surface area contributed by atoms with E-state index in [9.17, 15) is 19.2 Å². The lowest BCUT2D eigenvalue weighted by Crippen LogP contribution is -2.47. The second-order valence-electron chi connectivity index (χ2n) is 14.9. The highest BCUT2D eigenvalue weighted by atomic mass is 16.6. The van der Waals surface area contributed by atoms with Crippen LogP contribution in [0.25, 0.3) is 0 Å². The molecule has 5 aromatic rings. The molecule has 0 saturated heterocycles. The van der Waals surface area contributed by atoms with Gasteiger partial charge in [-0.2, -0.15) is 5.10 Å². The number of benzene rings is 3. The molecule has 4 N–H and O–H groups in total. The minimum atomic E-state index is -0.905. The summed E-state index contributed by atoms with van der Waals surface area (Å²) < 4.78 is 12.4. The lowest BCUT2D eigenvalue weighted by molar-refractivity contribution is 0.0520. The monoisotopic (exact) mass is 735 g/mol. The van der Waals surface area contributed by atoms with Gasteiger partial charge in [-0.05, 0) is 58.2 Å². The van der Waals surface area contributed by atoms with E-state index in [2.05, 4.69) is 62.8 Å². The summed E-state index contributed by atoms with van der Waals surface area (Å²) in [6.07, 6.45) is 0.345. The van der Waals surface area contributed by atoms with Crippen LogP contribution in [-0.2, 0) is 22.1 Å². The predicted octanol–water partition coefficient (Wildman–Crippen LogP) is 6.02. The average Bonchev–Trinajstić information content (AvgIpc) is 3.47. The average molecular weight is 736 g/mol. The van der Waals surface area contributed by atoms with Gasteiger partial charge in [0, 0.05) is 33.2 Å². The van der Waals surface area contributed by atoms with Gasteiger partial charge in [0.1, 0.15) is 39.6 Å². The van der Waals surface area contributed by atoms with Crippen molar-refractivity contribution in [2.45, 2.75) is 58.3 Å². The topological polar surface area (TPSA) is 156 Å². The Hall–Kier alpha value is -6.11. The van der Waals surface area contributed by atoms with Crippen molar-refractivity contribution in [1.82, 2.24) is 20.4 Å². The van der Waals surface area contributed by atoms with Gasteiger partial charge in [-0.3, -0.25) is 14.3 Å². The zero-order chi connectivity index (χ0) is 39.1. The highest BCUT2D eigenvalue weighted by Gasteiger charge is 2.38. The van der Waals surface area contributed by atoms with E-state index >= 15 is 0 Å². The third-order valence-electron chi connectivity index (χ3n) is 8.43. The maximum absolute atomic E-state index is 13.3. The number of nitrogens with one attached hydrogen (secondary N) is 4. The lowest BCUT2D eigenvalue weighted by atomic mass is 9.77. The van der Waals surface area contributed by atoms with Gasteiger partial charge < -0.3 is 35.6 Å². The molecule has 284 valence electrons. The lowest BCUT2D eigenvalue weighted by Gasteiger charge is -2.38. The Bertz CT molecular complexity index is 1960. The summed E-state index contributed by atoms with van der Waals surface area (Å²) >= 11 is 0. The number of carbonyl (C=O) groups excluding carboxylic acids is 2. The van der Waals surface area contributed by atoms with Crippen LogP contribution >= 0.6 is 0 Å². The maximum atomic E-state index is 13.3. The third kappa shape index (κ3) is 9.27. The van der Waals surface area contributed by atoms with Crippen LogP contribution in [-0.4, -0.2) is 59.3 Å². The van der Waals surface area contributed by atoms with Crippen LogP contribution in [0.15, 0.2) is 107 Å². The third-order valence-corrected chi connectivity index (χ3v) is 8.43. The number of nitrogens with zero attached hydrogens (tertiary/aromatic N) is 3. The molecule has 0 saturated carbocycles. The van der Waals surface area contributed by atoms with E-state index in [4.69, 9.17) is 9.47 Å². The van der Waals surface area contributed by atoms with Crippen molar-refractivity contribution < 1.29 is 19.1 Å². The molecule has 0 radical (unpaired) electrons. The number of alkyl carbamates (subject to hydrolysis) is 2. The Kier molecular flexibility index (Phi) is 11.8. The van der Waals surface area contributed by atoms with Crippen molar-refractivity contribution in [3.05, 3.63) is 134 Å². The summed E-state index contributed by atoms with van der Waals surface area (Å²) in [5, 5.41) is 17.0. The number of aryl methyl sites for hydroxylation is 1. The molecule has 0 unspecified atom stereocenters. The van der Waals surface area contributed by atoms with Crippen LogP contribution in [0.5, 0.6) is 0 Å². The molecular formula is C41H49N7O6. The van der Waals surface area contributed by atoms with Crippen molar-refractivity contribution in [2.24, 2.45) is 7.05 Å². The SMILES string of the molecule is Cn1ncc(Nc2c(N(CCNC(=O)OC(C)(C)C)CCNC(=O)OC(C)(C)C)c(=O)c2=O)c1NC(c1ccccc1)(c1ccccc1)c1ccccc1. The Balaban J connectivity index is 1.49. The van der Waals surface area contributed by atoms with Gasteiger partial charge in [0.25, 0.3) is 10.9 Å². The molecular weight excluding hydrogens is 686 g/mol. The molecule has 0 bridgehead atoms. The molecule has 5 rings (SSSR count). The fraction of sp³-hybridized carbons (Fsp3) is 0.341. The largest absolute Gasteiger partial charge is 0.444 e. The summed E-state index contributed by atoms with van der Waals surface area (Å²) in [4.78, 5) is 53.1. The second-order valence-corrected chi connectivity index (χ2v) is 14.9. The Morgan fingerprint density at radius 3 is 1.52 bits per heavy atom. The van der Waals surface area contributed by atoms with E-state index in [-0.39, 0.29) is 37.6 Å². The number of amides is 2. The summed E-state index contributed by atoms with van der Waals surface area (Å²) in [5.74, 6) is 0.551. The minimum Gasteiger partial charge on any atom is -0.444 e. The number of anilines is 4. The number of rotatable bonds is 14. The van der Waals surface area contributed by atoms with Crippen LogP contribution < -0.4 is 37.0 Å². The number of ether oxygens (including phenoxy) is 2. The Morgan fingerprint density at radius 1 is 0.685 bits per heavy atom. The fourth-order valence-corrected chi connectivity index (χ4v) is 6.12. The predicted molar refractivity (Wildman–Crippen MR) is 211 cm³/mol. The van der Waals surface area contributed by atoms with Gasteiger partial charge in [-0.15, -0.1) is 0 Å². The van der Waals surface area contributed by atoms with Gasteiger partial charge in [0.05, 0.1) is 6.20 Å². The highest BCUT2D eigenvalue weighted by Crippen LogP contribution is 2.42. The summed E-state index contributed by atoms with van der Waals surface area (Å²) in [7, 11) is 1.79. The summed E-state index contributed by atoms with van der Waals surface area (Å²) in [6.45, 7) is 11.0. The summed E-state index contributed by atoms with van der Waals surface area (Å²) in [6, 6.07) is 30.1. The first-order valence-corrected chi connectivity index (χ1v) is 17.8. The molecule has 1 aromatic heterocycles. The molecule has 0 atom stereocenters. The molecule has 1 heterocycles. The first-order valence-electron chi connectivity index (χ1n) is 17.8. The van der Waals surface area contributed by atoms with Crippen LogP contribution in [0.2, 0.25) is 0 Å². The second kappa shape index (κ2) is 16.3. The maximum Gasteiger partial charge on any atom is 0.407 e. The standard InChI is InChI=1S/C41H49N7O6/c1-39(2,3)53-37(51)42-23-25-48(26-24-43-38(52)54-40(4,5)6)33-32(34(49)35(33)50)45-31-27-44-47(7)36(31)46-41(28-17-11-8-12-18-28,29-19-13-9-14-20-29)30-21-15-10-16-22-30/h8-22,27,45-46H,23-26H2,1-7H3,(H,42,51)(H,43,52). The Morgan fingerprint density at radius 2 is 1.11 bits per heavy atom. The van der Waals surface area contributed by atoms with E-state index in [1.165, 1.54) is 0 Å². The first-order chi connectivity index (χ1) is 25.6. The molecule has 4 aromatic carbocycles. The van der Waals surface area contributed by atoms with Crippen LogP contribution in [0, 0.1) is 0 Å². The normalized spacial score (nSPS) is 11.8. The molecule has 0 aliphatic heterocycles. The van der Waals surface area contributed by atoms with Crippen molar-refractivity contribution >= 4 is 35.1 Å². The molecule has 0 fully saturated rings. The molecule has 13 heteroatoms. The van der Waals surface area contributed by atoms with Crippen molar-refractivity contribution in [3.63, 3.8) is 0 Å². The van der Waals surface area contributed by atoms with Crippen LogP contribution in [0.3, 0.4) is 0 Å². The Labute approximate surface area is 315 Å². The number of carbonyl (C=O) groups is 2. The van der Waals surface area contributed by atoms with Crippen molar-refractivity contribution in [1.29, 1.82) is 0 Å². The smallest absolute Gasteiger partial charge is 0.407 e. The van der Waals surface area contributed by atoms with Crippen LogP contribution in [0.4, 0.5) is 32.5 Å². The number of hydrogen-bond acceptors (Lipinski definition) is 10. The molecule has 0 aliphatic carbocycles. The first kappa shape index (κ1) is 39.1. The highest BCUT2D eigenvalue weighted by molar-refractivity contribution is 5.83. The fourth-order valence-electron chi connectivity index (χ4n) is 6.12. The zero-order valence-corrected chi connectivity index (χ0v) is 31.9. The molecule has 13 nitrogen and oxygen atoms in total. The van der Waals surface area contributed by atoms with Crippen molar-refractivity contribution in [3.8, 4) is 0 Å². The van der Waals surface area contributed by atoms with E-state index in [1.54, 1.807) is 64.4 Å². The molecule has 2 amide bonds. The summed E-state index contributed by atoms with van der Waals surface area (Å²) in [5.41, 5.74) is -0.182. The zero-order valence-electron chi connectivity index (χ0n) is 31.9. The van der Waals surface area contributed by atoms with Gasteiger partial charge in [-0.25, -0.2) is 9.59 Å². The van der Waals surface area contributed by atoms with E-state index in [1.807, 2.05) is 54.6 Å². The number of aromatic nitrogens is 2. The molecule has 54 heavy (non-hydrogen) atoms. The minimum absolute atomic E-state index is 0.0651.